The van der Waals surface area contributed by atoms with Gasteiger partial charge in [-0.2, -0.15) is 4.98 Å². The molecule has 0 aliphatic heterocycles. The second-order valence-electron chi connectivity index (χ2n) is 5.73. The van der Waals surface area contributed by atoms with E-state index in [1.807, 2.05) is 35.9 Å². The molecular formula is C18H15ClN6OS. The molecule has 0 amide bonds. The van der Waals surface area contributed by atoms with Crippen LogP contribution in [-0.2, 0) is 13.5 Å². The van der Waals surface area contributed by atoms with Crippen LogP contribution in [-0.4, -0.2) is 35.6 Å². The van der Waals surface area contributed by atoms with Gasteiger partial charge in [0.25, 0.3) is 5.89 Å². The number of hydrogen-bond acceptors (Lipinski definition) is 7. The smallest absolute Gasteiger partial charge is 0.257 e. The molecule has 1 aromatic carbocycles. The number of pyridine rings is 1. The summed E-state index contributed by atoms with van der Waals surface area (Å²) in [6.07, 6.45) is 4.14. The molecule has 0 aliphatic carbocycles. The molecule has 7 nitrogen and oxygen atoms in total. The molecule has 0 radical (unpaired) electrons. The fraction of sp³-hybridized carbons (Fsp3) is 0.167. The fourth-order valence-electron chi connectivity index (χ4n) is 2.52. The Morgan fingerprint density at radius 1 is 1.11 bits per heavy atom. The van der Waals surface area contributed by atoms with Gasteiger partial charge in [-0.3, -0.25) is 4.98 Å². The van der Waals surface area contributed by atoms with Gasteiger partial charge in [0.1, 0.15) is 0 Å². The summed E-state index contributed by atoms with van der Waals surface area (Å²) in [6.45, 7) is 0. The fourth-order valence-corrected chi connectivity index (χ4v) is 3.56. The van der Waals surface area contributed by atoms with Crippen molar-refractivity contribution in [1.82, 2.24) is 29.9 Å². The Labute approximate surface area is 164 Å². The van der Waals surface area contributed by atoms with E-state index in [-0.39, 0.29) is 0 Å². The van der Waals surface area contributed by atoms with Crippen LogP contribution in [0.5, 0.6) is 0 Å². The summed E-state index contributed by atoms with van der Waals surface area (Å²) < 4.78 is 7.29. The molecule has 0 saturated carbocycles. The van der Waals surface area contributed by atoms with Gasteiger partial charge in [0.2, 0.25) is 0 Å². The van der Waals surface area contributed by atoms with Gasteiger partial charge in [-0.25, -0.2) is 0 Å². The van der Waals surface area contributed by atoms with Gasteiger partial charge in [0.15, 0.2) is 16.8 Å². The van der Waals surface area contributed by atoms with Crippen molar-refractivity contribution in [3.8, 4) is 22.8 Å². The van der Waals surface area contributed by atoms with Gasteiger partial charge in [-0.05, 0) is 30.3 Å². The van der Waals surface area contributed by atoms with E-state index in [0.29, 0.717) is 23.2 Å². The molecule has 0 saturated heterocycles. The van der Waals surface area contributed by atoms with Gasteiger partial charge in [0, 0.05) is 47.8 Å². The molecule has 0 atom stereocenters. The number of aromatic nitrogens is 6. The van der Waals surface area contributed by atoms with Gasteiger partial charge in [-0.1, -0.05) is 34.6 Å². The Morgan fingerprint density at radius 3 is 2.78 bits per heavy atom. The molecule has 0 spiro atoms. The Kier molecular flexibility index (Phi) is 5.17. The Hall–Kier alpha value is -2.71. The maximum absolute atomic E-state index is 6.00. The minimum Gasteiger partial charge on any atom is -0.334 e. The molecule has 3 heterocycles. The van der Waals surface area contributed by atoms with E-state index in [2.05, 4.69) is 25.3 Å². The first-order valence-corrected chi connectivity index (χ1v) is 9.58. The Balaban J connectivity index is 1.39. The van der Waals surface area contributed by atoms with Crippen LogP contribution in [0.3, 0.4) is 0 Å². The second kappa shape index (κ2) is 7.89. The highest BCUT2D eigenvalue weighted by Gasteiger charge is 2.13. The Morgan fingerprint density at radius 2 is 1.96 bits per heavy atom. The normalized spacial score (nSPS) is 11.0. The average molecular weight is 399 g/mol. The van der Waals surface area contributed by atoms with Crippen LogP contribution in [0, 0.1) is 0 Å². The van der Waals surface area contributed by atoms with Crippen molar-refractivity contribution in [2.75, 3.05) is 5.75 Å². The molecule has 0 N–H and O–H groups in total. The molecule has 0 fully saturated rings. The summed E-state index contributed by atoms with van der Waals surface area (Å²) in [5, 5.41) is 14.0. The standard InChI is InChI=1S/C18H15ClN6OS/c1-25-16(12-5-8-20-9-6-12)22-23-18(25)27-10-7-15-21-17(26-24-15)13-3-2-4-14(19)11-13/h2-6,8-9,11H,7,10H2,1H3. The van der Waals surface area contributed by atoms with Crippen molar-refractivity contribution in [2.24, 2.45) is 7.05 Å². The Bertz CT molecular complexity index is 1050. The van der Waals surface area contributed by atoms with Gasteiger partial charge in [0.05, 0.1) is 0 Å². The van der Waals surface area contributed by atoms with Crippen LogP contribution in [0.1, 0.15) is 5.82 Å². The monoisotopic (exact) mass is 398 g/mol. The molecule has 9 heteroatoms. The van der Waals surface area contributed by atoms with E-state index in [1.54, 1.807) is 36.3 Å². The summed E-state index contributed by atoms with van der Waals surface area (Å²) in [4.78, 5) is 8.45. The summed E-state index contributed by atoms with van der Waals surface area (Å²) in [5.41, 5.74) is 1.79. The molecule has 27 heavy (non-hydrogen) atoms. The molecule has 4 rings (SSSR count). The zero-order valence-electron chi connectivity index (χ0n) is 14.4. The van der Waals surface area contributed by atoms with Crippen molar-refractivity contribution in [2.45, 2.75) is 11.6 Å². The maximum Gasteiger partial charge on any atom is 0.257 e. The number of aryl methyl sites for hydroxylation is 1. The highest BCUT2D eigenvalue weighted by Crippen LogP contribution is 2.24. The maximum atomic E-state index is 6.00. The first-order valence-electron chi connectivity index (χ1n) is 8.22. The molecule has 136 valence electrons. The van der Waals surface area contributed by atoms with Gasteiger partial charge < -0.3 is 9.09 Å². The zero-order chi connectivity index (χ0) is 18.6. The second-order valence-corrected chi connectivity index (χ2v) is 7.22. The topological polar surface area (TPSA) is 82.5 Å². The lowest BCUT2D eigenvalue weighted by atomic mass is 10.2. The van der Waals surface area contributed by atoms with Crippen LogP contribution in [0.2, 0.25) is 5.02 Å². The van der Waals surface area contributed by atoms with E-state index < -0.39 is 0 Å². The lowest BCUT2D eigenvalue weighted by Crippen LogP contribution is -1.97. The molecule has 0 bridgehead atoms. The van der Waals surface area contributed by atoms with Gasteiger partial charge >= 0.3 is 0 Å². The highest BCUT2D eigenvalue weighted by atomic mass is 35.5. The van der Waals surface area contributed by atoms with Gasteiger partial charge in [-0.15, -0.1) is 10.2 Å². The number of hydrogen-bond donors (Lipinski definition) is 0. The largest absolute Gasteiger partial charge is 0.334 e. The van der Waals surface area contributed by atoms with Crippen molar-refractivity contribution >= 4 is 23.4 Å². The SMILES string of the molecule is Cn1c(SCCc2noc(-c3cccc(Cl)c3)n2)nnc1-c1ccncc1. The van der Waals surface area contributed by atoms with Crippen molar-refractivity contribution in [3.63, 3.8) is 0 Å². The molecule has 0 aliphatic rings. The molecule has 4 aromatic rings. The zero-order valence-corrected chi connectivity index (χ0v) is 16.0. The number of halogens is 1. The van der Waals surface area contributed by atoms with E-state index >= 15 is 0 Å². The van der Waals surface area contributed by atoms with E-state index in [9.17, 15) is 0 Å². The average Bonchev–Trinajstić information content (AvgIpc) is 3.30. The predicted octanol–water partition coefficient (Wildman–Crippen LogP) is 3.92. The van der Waals surface area contributed by atoms with Crippen LogP contribution in [0.15, 0.2) is 58.5 Å². The van der Waals surface area contributed by atoms with Crippen molar-refractivity contribution < 1.29 is 4.52 Å². The van der Waals surface area contributed by atoms with Crippen molar-refractivity contribution in [1.29, 1.82) is 0 Å². The lowest BCUT2D eigenvalue weighted by molar-refractivity contribution is 0.423. The number of benzene rings is 1. The summed E-state index contributed by atoms with van der Waals surface area (Å²) in [7, 11) is 1.95. The lowest BCUT2D eigenvalue weighted by Gasteiger charge is -2.02. The van der Waals surface area contributed by atoms with E-state index in [0.717, 1.165) is 27.9 Å². The number of nitrogens with zero attached hydrogens (tertiary/aromatic N) is 6. The third kappa shape index (κ3) is 4.01. The quantitative estimate of drug-likeness (QED) is 0.455. The first kappa shape index (κ1) is 17.7. The third-order valence-corrected chi connectivity index (χ3v) is 5.13. The van der Waals surface area contributed by atoms with E-state index in [4.69, 9.17) is 16.1 Å². The molecular weight excluding hydrogens is 384 g/mol. The molecule has 0 unspecified atom stereocenters. The minimum atomic E-state index is 0.469. The minimum absolute atomic E-state index is 0.469. The summed E-state index contributed by atoms with van der Waals surface area (Å²) >= 11 is 7.60. The van der Waals surface area contributed by atoms with Crippen LogP contribution >= 0.6 is 23.4 Å². The van der Waals surface area contributed by atoms with Crippen LogP contribution < -0.4 is 0 Å². The summed E-state index contributed by atoms with van der Waals surface area (Å²) in [6, 6.07) is 11.2. The summed E-state index contributed by atoms with van der Waals surface area (Å²) in [5.74, 6) is 2.68. The first-order chi connectivity index (χ1) is 13.2. The van der Waals surface area contributed by atoms with E-state index in [1.165, 1.54) is 0 Å². The predicted molar refractivity (Wildman–Crippen MR) is 103 cm³/mol. The molecule has 3 aromatic heterocycles. The van der Waals surface area contributed by atoms with Crippen LogP contribution in [0.4, 0.5) is 0 Å². The van der Waals surface area contributed by atoms with Crippen LogP contribution in [0.25, 0.3) is 22.8 Å². The highest BCUT2D eigenvalue weighted by molar-refractivity contribution is 7.99. The van der Waals surface area contributed by atoms with Crippen molar-refractivity contribution in [3.05, 3.63) is 59.6 Å². The number of thioether (sulfide) groups is 1. The third-order valence-electron chi connectivity index (χ3n) is 3.87. The number of rotatable bonds is 6.